The third kappa shape index (κ3) is 3.54. The molecular formula is C13H17N5O3. The molecule has 0 aliphatic rings. The first-order valence-electron chi connectivity index (χ1n) is 6.48. The molecule has 112 valence electrons. The van der Waals surface area contributed by atoms with Gasteiger partial charge in [-0.05, 0) is 12.1 Å². The van der Waals surface area contributed by atoms with Crippen molar-refractivity contribution in [2.24, 2.45) is 0 Å². The minimum atomic E-state index is -0.467. The number of benzene rings is 1. The van der Waals surface area contributed by atoms with E-state index in [9.17, 15) is 10.1 Å². The van der Waals surface area contributed by atoms with Crippen LogP contribution in [0.2, 0.25) is 0 Å². The smallest absolute Gasteiger partial charge is 0.298 e. The minimum Gasteiger partial charge on any atom is -0.496 e. The molecule has 0 saturated heterocycles. The molecule has 0 bridgehead atoms. The first-order valence-corrected chi connectivity index (χ1v) is 6.48. The third-order valence-corrected chi connectivity index (χ3v) is 2.86. The zero-order valence-corrected chi connectivity index (χ0v) is 12.1. The highest BCUT2D eigenvalue weighted by Gasteiger charge is 2.18. The van der Waals surface area contributed by atoms with Gasteiger partial charge in [0.15, 0.2) is 0 Å². The van der Waals surface area contributed by atoms with Crippen molar-refractivity contribution in [2.75, 3.05) is 7.11 Å². The Kier molecular flexibility index (Phi) is 4.49. The molecule has 8 heteroatoms. The van der Waals surface area contributed by atoms with Crippen LogP contribution in [0.4, 0.5) is 5.69 Å². The average molecular weight is 291 g/mol. The number of nitrogens with zero attached hydrogens (tertiary/aromatic N) is 4. The van der Waals surface area contributed by atoms with E-state index in [4.69, 9.17) is 4.74 Å². The van der Waals surface area contributed by atoms with Gasteiger partial charge in [-0.25, -0.2) is 4.68 Å². The fraction of sp³-hybridized carbons (Fsp3) is 0.385. The van der Waals surface area contributed by atoms with Crippen LogP contribution < -0.4 is 10.1 Å². The number of nitrogens with one attached hydrogen (secondary N) is 1. The van der Waals surface area contributed by atoms with E-state index >= 15 is 0 Å². The van der Waals surface area contributed by atoms with E-state index in [2.05, 4.69) is 15.6 Å². The molecule has 0 amide bonds. The van der Waals surface area contributed by atoms with Crippen molar-refractivity contribution in [3.8, 4) is 11.4 Å². The highest BCUT2D eigenvalue weighted by Crippen LogP contribution is 2.27. The molecule has 2 aromatic rings. The van der Waals surface area contributed by atoms with E-state index in [0.717, 1.165) is 0 Å². The van der Waals surface area contributed by atoms with Gasteiger partial charge in [-0.3, -0.25) is 10.1 Å². The van der Waals surface area contributed by atoms with Crippen LogP contribution in [0.5, 0.6) is 5.75 Å². The van der Waals surface area contributed by atoms with Crippen molar-refractivity contribution < 1.29 is 9.66 Å². The number of hydrogen-bond acceptors (Lipinski definition) is 6. The number of methoxy groups -OCH3 is 1. The molecule has 0 saturated carbocycles. The molecule has 0 atom stereocenters. The molecular weight excluding hydrogens is 274 g/mol. The standard InChI is InChI=1S/C13H17N5O3/c1-9(2)14-7-10-8-17(16-15-10)12-5-4-11(21-3)6-13(12)18(19)20/h4-6,8-9,14H,7H2,1-3H3. The normalized spacial score (nSPS) is 10.9. The summed E-state index contributed by atoms with van der Waals surface area (Å²) in [6.45, 7) is 4.61. The van der Waals surface area contributed by atoms with Crippen LogP contribution in [-0.2, 0) is 6.54 Å². The van der Waals surface area contributed by atoms with E-state index < -0.39 is 4.92 Å². The Balaban J connectivity index is 2.31. The lowest BCUT2D eigenvalue weighted by Crippen LogP contribution is -2.21. The summed E-state index contributed by atoms with van der Waals surface area (Å²) in [5.41, 5.74) is 0.987. The largest absolute Gasteiger partial charge is 0.496 e. The Morgan fingerprint density at radius 2 is 2.24 bits per heavy atom. The SMILES string of the molecule is COc1ccc(-n2cc(CNC(C)C)nn2)c([N+](=O)[O-])c1. The Morgan fingerprint density at radius 1 is 1.48 bits per heavy atom. The van der Waals surface area contributed by atoms with Gasteiger partial charge in [-0.1, -0.05) is 19.1 Å². The minimum absolute atomic E-state index is 0.0809. The van der Waals surface area contributed by atoms with Gasteiger partial charge in [0.25, 0.3) is 5.69 Å². The number of nitro groups is 1. The van der Waals surface area contributed by atoms with E-state index in [1.807, 2.05) is 13.8 Å². The summed E-state index contributed by atoms with van der Waals surface area (Å²) >= 11 is 0. The second-order valence-electron chi connectivity index (χ2n) is 4.80. The maximum absolute atomic E-state index is 11.2. The molecule has 0 aliphatic heterocycles. The van der Waals surface area contributed by atoms with Crippen LogP contribution in [0.15, 0.2) is 24.4 Å². The molecule has 0 radical (unpaired) electrons. The summed E-state index contributed by atoms with van der Waals surface area (Å²) in [6.07, 6.45) is 1.67. The van der Waals surface area contributed by atoms with Gasteiger partial charge >= 0.3 is 0 Å². The molecule has 0 aliphatic carbocycles. The van der Waals surface area contributed by atoms with Gasteiger partial charge in [0.2, 0.25) is 0 Å². The molecule has 1 aromatic carbocycles. The summed E-state index contributed by atoms with van der Waals surface area (Å²) in [5.74, 6) is 0.423. The second-order valence-corrected chi connectivity index (χ2v) is 4.80. The quantitative estimate of drug-likeness (QED) is 0.642. The number of hydrogen-bond donors (Lipinski definition) is 1. The van der Waals surface area contributed by atoms with E-state index in [-0.39, 0.29) is 5.69 Å². The van der Waals surface area contributed by atoms with Crippen LogP contribution in [0.25, 0.3) is 5.69 Å². The van der Waals surface area contributed by atoms with Gasteiger partial charge in [-0.15, -0.1) is 5.10 Å². The Labute approximate surface area is 121 Å². The van der Waals surface area contributed by atoms with Crippen molar-refractivity contribution in [1.29, 1.82) is 0 Å². The Hall–Kier alpha value is -2.48. The second kappa shape index (κ2) is 6.31. The number of ether oxygens (including phenoxy) is 1. The topological polar surface area (TPSA) is 95.1 Å². The fourth-order valence-electron chi connectivity index (χ4n) is 1.78. The zero-order valence-electron chi connectivity index (χ0n) is 12.1. The van der Waals surface area contributed by atoms with Crippen LogP contribution in [0, 0.1) is 10.1 Å². The van der Waals surface area contributed by atoms with E-state index in [1.165, 1.54) is 17.9 Å². The number of aromatic nitrogens is 3. The van der Waals surface area contributed by atoms with Crippen molar-refractivity contribution in [1.82, 2.24) is 20.3 Å². The highest BCUT2D eigenvalue weighted by atomic mass is 16.6. The fourth-order valence-corrected chi connectivity index (χ4v) is 1.78. The van der Waals surface area contributed by atoms with Crippen LogP contribution in [0.3, 0.4) is 0 Å². The lowest BCUT2D eigenvalue weighted by atomic mass is 10.2. The van der Waals surface area contributed by atoms with E-state index in [1.54, 1.807) is 18.3 Å². The molecule has 8 nitrogen and oxygen atoms in total. The molecule has 0 spiro atoms. The molecule has 21 heavy (non-hydrogen) atoms. The number of nitro benzene ring substituents is 1. The predicted molar refractivity (Wildman–Crippen MR) is 76.5 cm³/mol. The summed E-state index contributed by atoms with van der Waals surface area (Å²) in [7, 11) is 1.46. The van der Waals surface area contributed by atoms with Crippen LogP contribution in [0.1, 0.15) is 19.5 Å². The van der Waals surface area contributed by atoms with Crippen molar-refractivity contribution in [2.45, 2.75) is 26.4 Å². The Morgan fingerprint density at radius 3 is 2.86 bits per heavy atom. The van der Waals surface area contributed by atoms with Crippen LogP contribution >= 0.6 is 0 Å². The average Bonchev–Trinajstić information content (AvgIpc) is 2.93. The Bertz CT molecular complexity index is 638. The highest BCUT2D eigenvalue weighted by molar-refractivity contribution is 5.55. The maximum Gasteiger partial charge on any atom is 0.298 e. The summed E-state index contributed by atoms with van der Waals surface area (Å²) < 4.78 is 6.40. The molecule has 2 rings (SSSR count). The summed E-state index contributed by atoms with van der Waals surface area (Å²) in [6, 6.07) is 4.93. The molecule has 0 unspecified atom stereocenters. The van der Waals surface area contributed by atoms with Crippen molar-refractivity contribution in [3.63, 3.8) is 0 Å². The lowest BCUT2D eigenvalue weighted by Gasteiger charge is -2.05. The lowest BCUT2D eigenvalue weighted by molar-refractivity contribution is -0.384. The van der Waals surface area contributed by atoms with Crippen molar-refractivity contribution >= 4 is 5.69 Å². The first-order chi connectivity index (χ1) is 10.0. The summed E-state index contributed by atoms with van der Waals surface area (Å²) in [5, 5.41) is 22.3. The molecule has 1 heterocycles. The molecule has 1 N–H and O–H groups in total. The van der Waals surface area contributed by atoms with Gasteiger partial charge in [0, 0.05) is 12.6 Å². The van der Waals surface area contributed by atoms with Gasteiger partial charge in [0.05, 0.1) is 30.0 Å². The van der Waals surface area contributed by atoms with Crippen LogP contribution in [-0.4, -0.2) is 33.1 Å². The van der Waals surface area contributed by atoms with Gasteiger partial charge in [0.1, 0.15) is 11.4 Å². The van der Waals surface area contributed by atoms with Gasteiger partial charge in [-0.2, -0.15) is 0 Å². The van der Waals surface area contributed by atoms with Gasteiger partial charge < -0.3 is 10.1 Å². The maximum atomic E-state index is 11.2. The van der Waals surface area contributed by atoms with E-state index in [0.29, 0.717) is 29.7 Å². The predicted octanol–water partition coefficient (Wildman–Crippen LogP) is 1.68. The van der Waals surface area contributed by atoms with Crippen molar-refractivity contribution in [3.05, 3.63) is 40.2 Å². The third-order valence-electron chi connectivity index (χ3n) is 2.86. The molecule has 0 fully saturated rings. The zero-order chi connectivity index (χ0) is 15.4. The monoisotopic (exact) mass is 291 g/mol. The number of rotatable bonds is 6. The summed E-state index contributed by atoms with van der Waals surface area (Å²) in [4.78, 5) is 10.7. The first kappa shape index (κ1) is 14.9. The molecule has 1 aromatic heterocycles.